The summed E-state index contributed by atoms with van der Waals surface area (Å²) in [4.78, 5) is 25.6. The average Bonchev–Trinajstić information content (AvgIpc) is 2.94. The number of hydrogen-bond acceptors (Lipinski definition) is 4. The molecule has 0 atom stereocenters. The lowest BCUT2D eigenvalue weighted by atomic mass is 9.94. The van der Waals surface area contributed by atoms with Crippen LogP contribution in [-0.2, 0) is 36.4 Å². The first-order valence-electron chi connectivity index (χ1n) is 12.1. The van der Waals surface area contributed by atoms with Gasteiger partial charge in [0.1, 0.15) is 5.75 Å². The molecule has 3 rings (SSSR count). The molecule has 0 spiro atoms. The lowest BCUT2D eigenvalue weighted by molar-refractivity contribution is -0.143. The Labute approximate surface area is 239 Å². The van der Waals surface area contributed by atoms with Crippen molar-refractivity contribution in [1.82, 2.24) is 10.2 Å². The number of nitrogens with zero attached hydrogens (tertiary/aromatic N) is 1. The molecule has 0 saturated heterocycles. The zero-order chi connectivity index (χ0) is 32.3. The van der Waals surface area contributed by atoms with Crippen LogP contribution in [0.4, 0.5) is 44.3 Å². The summed E-state index contributed by atoms with van der Waals surface area (Å²) >= 11 is 0. The van der Waals surface area contributed by atoms with E-state index in [2.05, 4.69) is 10.1 Å². The smallest absolute Gasteiger partial charge is 0.416 e. The number of methoxy groups -OCH3 is 2. The second-order valence-electron chi connectivity index (χ2n) is 9.10. The van der Waals surface area contributed by atoms with Gasteiger partial charge in [0.2, 0.25) is 0 Å². The van der Waals surface area contributed by atoms with Crippen molar-refractivity contribution in [3.8, 4) is 16.9 Å². The molecule has 1 N–H and O–H groups in total. The number of rotatable bonds is 7. The van der Waals surface area contributed by atoms with E-state index in [9.17, 15) is 49.1 Å². The summed E-state index contributed by atoms with van der Waals surface area (Å²) in [6, 6.07) is 7.23. The Morgan fingerprint density at radius 1 is 0.721 bits per heavy atom. The molecule has 0 bridgehead atoms. The van der Waals surface area contributed by atoms with E-state index in [1.54, 1.807) is 0 Å². The van der Waals surface area contributed by atoms with Gasteiger partial charge in [0.15, 0.2) is 0 Å². The largest absolute Gasteiger partial charge is 0.496 e. The maximum absolute atomic E-state index is 13.7. The van der Waals surface area contributed by atoms with Crippen LogP contribution in [0.25, 0.3) is 11.1 Å². The van der Waals surface area contributed by atoms with Crippen molar-refractivity contribution in [2.45, 2.75) is 31.6 Å². The topological polar surface area (TPSA) is 67.9 Å². The standard InChI is InChI=1S/C28H23F9N2O4/c1-38-24(40)16-4-7-23(42-2)22(11-16)21-6-5-18(26(29,30)31)10-17(21)14-39(25(41)43-3)13-15-8-19(27(32,33)34)12-20(9-15)28(35,36)37/h4-12H,13-14H2,1-3H3,(H,38,40). The van der Waals surface area contributed by atoms with E-state index in [4.69, 9.17) is 4.74 Å². The summed E-state index contributed by atoms with van der Waals surface area (Å²) in [6.07, 6.45) is -16.5. The molecular formula is C28H23F9N2O4. The van der Waals surface area contributed by atoms with E-state index in [0.717, 1.165) is 19.2 Å². The summed E-state index contributed by atoms with van der Waals surface area (Å²) in [6.45, 7) is -1.65. The second-order valence-corrected chi connectivity index (χ2v) is 9.10. The Balaban J connectivity index is 2.21. The van der Waals surface area contributed by atoms with Crippen LogP contribution in [0.3, 0.4) is 0 Å². The van der Waals surface area contributed by atoms with Gasteiger partial charge in [-0.05, 0) is 65.2 Å². The quantitative estimate of drug-likeness (QED) is 0.277. The Kier molecular flexibility index (Phi) is 9.56. The summed E-state index contributed by atoms with van der Waals surface area (Å²) < 4.78 is 131. The monoisotopic (exact) mass is 622 g/mol. The minimum absolute atomic E-state index is 0.0320. The maximum Gasteiger partial charge on any atom is 0.416 e. The molecule has 0 aliphatic rings. The molecule has 15 heteroatoms. The highest BCUT2D eigenvalue weighted by molar-refractivity contribution is 5.96. The van der Waals surface area contributed by atoms with Gasteiger partial charge >= 0.3 is 24.6 Å². The van der Waals surface area contributed by atoms with Crippen molar-refractivity contribution in [2.24, 2.45) is 0 Å². The SMILES string of the molecule is CNC(=O)c1ccc(OC)c(-c2ccc(C(F)(F)F)cc2CN(Cc2cc(C(F)(F)F)cc(C(F)(F)F)c2)C(=O)OC)c1. The molecule has 0 saturated carbocycles. The van der Waals surface area contributed by atoms with Crippen LogP contribution >= 0.6 is 0 Å². The third-order valence-electron chi connectivity index (χ3n) is 6.23. The Morgan fingerprint density at radius 2 is 1.30 bits per heavy atom. The summed E-state index contributed by atoms with van der Waals surface area (Å²) in [5.41, 5.74) is -5.03. The van der Waals surface area contributed by atoms with Crippen LogP contribution in [0.15, 0.2) is 54.6 Å². The van der Waals surface area contributed by atoms with Crippen molar-refractivity contribution in [2.75, 3.05) is 21.3 Å². The number of ether oxygens (including phenoxy) is 2. The van der Waals surface area contributed by atoms with Gasteiger partial charge in [-0.1, -0.05) is 6.07 Å². The molecule has 2 amide bonds. The number of carbonyl (C=O) groups excluding carboxylic acids is 2. The Bertz CT molecular complexity index is 1470. The van der Waals surface area contributed by atoms with Crippen molar-refractivity contribution in [1.29, 1.82) is 0 Å². The third-order valence-corrected chi connectivity index (χ3v) is 6.23. The normalized spacial score (nSPS) is 12.1. The lowest BCUT2D eigenvalue weighted by Gasteiger charge is -2.25. The zero-order valence-corrected chi connectivity index (χ0v) is 22.6. The van der Waals surface area contributed by atoms with Crippen LogP contribution in [0.1, 0.15) is 38.2 Å². The molecule has 0 fully saturated rings. The number of nitrogens with one attached hydrogen (secondary N) is 1. The molecule has 0 radical (unpaired) electrons. The molecular weight excluding hydrogens is 599 g/mol. The number of alkyl halides is 9. The van der Waals surface area contributed by atoms with Gasteiger partial charge in [0.05, 0.1) is 30.9 Å². The van der Waals surface area contributed by atoms with E-state index in [-0.39, 0.29) is 34.1 Å². The van der Waals surface area contributed by atoms with E-state index >= 15 is 0 Å². The zero-order valence-electron chi connectivity index (χ0n) is 22.6. The van der Waals surface area contributed by atoms with Crippen molar-refractivity contribution < 1.29 is 58.6 Å². The van der Waals surface area contributed by atoms with Gasteiger partial charge in [-0.3, -0.25) is 9.69 Å². The second kappa shape index (κ2) is 12.4. The van der Waals surface area contributed by atoms with Gasteiger partial charge in [0.25, 0.3) is 5.91 Å². The fraction of sp³-hybridized carbons (Fsp3) is 0.286. The summed E-state index contributed by atoms with van der Waals surface area (Å²) in [5.74, 6) is -0.426. The Morgan fingerprint density at radius 3 is 1.79 bits per heavy atom. The number of halogens is 9. The molecule has 232 valence electrons. The first kappa shape index (κ1) is 33.1. The molecule has 3 aromatic carbocycles. The van der Waals surface area contributed by atoms with E-state index in [0.29, 0.717) is 23.1 Å². The van der Waals surface area contributed by atoms with Crippen LogP contribution in [0, 0.1) is 0 Å². The maximum atomic E-state index is 13.7. The lowest BCUT2D eigenvalue weighted by Crippen LogP contribution is -2.30. The molecule has 0 aliphatic heterocycles. The van der Waals surface area contributed by atoms with Crippen molar-refractivity contribution >= 4 is 12.0 Å². The van der Waals surface area contributed by atoms with Gasteiger partial charge in [-0.2, -0.15) is 39.5 Å². The fourth-order valence-corrected chi connectivity index (χ4v) is 4.22. The molecule has 6 nitrogen and oxygen atoms in total. The minimum atomic E-state index is -5.17. The molecule has 43 heavy (non-hydrogen) atoms. The highest BCUT2D eigenvalue weighted by Gasteiger charge is 2.37. The Hall–Kier alpha value is -4.43. The van der Waals surface area contributed by atoms with Gasteiger partial charge in [-0.15, -0.1) is 0 Å². The molecule has 0 aromatic heterocycles. The molecule has 0 aliphatic carbocycles. The van der Waals surface area contributed by atoms with Crippen LogP contribution in [0.5, 0.6) is 5.75 Å². The van der Waals surface area contributed by atoms with Gasteiger partial charge < -0.3 is 14.8 Å². The minimum Gasteiger partial charge on any atom is -0.496 e. The molecule has 3 aromatic rings. The first-order valence-corrected chi connectivity index (χ1v) is 12.1. The number of carbonyl (C=O) groups is 2. The molecule has 0 unspecified atom stereocenters. The van der Waals surface area contributed by atoms with E-state index < -0.39 is 65.9 Å². The highest BCUT2D eigenvalue weighted by atomic mass is 19.4. The van der Waals surface area contributed by atoms with E-state index in [1.807, 2.05) is 0 Å². The summed E-state index contributed by atoms with van der Waals surface area (Å²) in [7, 11) is 3.49. The van der Waals surface area contributed by atoms with E-state index in [1.165, 1.54) is 32.4 Å². The number of benzene rings is 3. The van der Waals surface area contributed by atoms with Crippen LogP contribution < -0.4 is 10.1 Å². The average molecular weight is 622 g/mol. The van der Waals surface area contributed by atoms with Gasteiger partial charge in [0, 0.05) is 31.3 Å². The van der Waals surface area contributed by atoms with Crippen molar-refractivity contribution in [3.63, 3.8) is 0 Å². The van der Waals surface area contributed by atoms with Crippen LogP contribution in [-0.4, -0.2) is 38.2 Å². The number of amides is 2. The third kappa shape index (κ3) is 7.90. The molecule has 0 heterocycles. The first-order chi connectivity index (χ1) is 19.9. The van der Waals surface area contributed by atoms with Crippen LogP contribution in [0.2, 0.25) is 0 Å². The van der Waals surface area contributed by atoms with Gasteiger partial charge in [-0.25, -0.2) is 4.79 Å². The number of hydrogen-bond donors (Lipinski definition) is 1. The predicted octanol–water partition coefficient (Wildman–Crippen LogP) is 7.55. The highest BCUT2D eigenvalue weighted by Crippen LogP contribution is 2.39. The van der Waals surface area contributed by atoms with Crippen molar-refractivity contribution in [3.05, 3.63) is 88.0 Å². The fourth-order valence-electron chi connectivity index (χ4n) is 4.22. The predicted molar refractivity (Wildman–Crippen MR) is 135 cm³/mol. The summed E-state index contributed by atoms with van der Waals surface area (Å²) in [5, 5.41) is 2.40.